The fraction of sp³-hybridized carbons (Fsp3) is 0.190. The predicted octanol–water partition coefficient (Wildman–Crippen LogP) is 5.51. The molecule has 0 aliphatic carbocycles. The summed E-state index contributed by atoms with van der Waals surface area (Å²) in [7, 11) is 0. The van der Waals surface area contributed by atoms with E-state index in [1.807, 2.05) is 32.1 Å². The number of nitrogens with zero attached hydrogens (tertiary/aromatic N) is 4. The van der Waals surface area contributed by atoms with Crippen molar-refractivity contribution in [2.45, 2.75) is 25.3 Å². The second-order valence-electron chi connectivity index (χ2n) is 6.71. The van der Waals surface area contributed by atoms with Crippen molar-refractivity contribution in [1.82, 2.24) is 0 Å². The topological polar surface area (TPSA) is 93.4 Å². The average molecular weight is 456 g/mol. The summed E-state index contributed by atoms with van der Waals surface area (Å²) in [6, 6.07) is 9.86. The molecule has 0 saturated carbocycles. The molecule has 0 saturated heterocycles. The SMILES string of the molecule is CCN1C(=CC=Cc2sc3cc([N+](=O)[O-])ccc3[n+]2CC)Sc2cc([N+](=O)[O-])ccc21. The first-order chi connectivity index (χ1) is 14.9. The Balaban J connectivity index is 1.64. The summed E-state index contributed by atoms with van der Waals surface area (Å²) in [5.41, 5.74) is 2.11. The highest BCUT2D eigenvalue weighted by Gasteiger charge is 2.26. The van der Waals surface area contributed by atoms with Crippen LogP contribution in [0.5, 0.6) is 0 Å². The van der Waals surface area contributed by atoms with Crippen LogP contribution in [0.25, 0.3) is 16.3 Å². The number of hydrogen-bond acceptors (Lipinski definition) is 7. The van der Waals surface area contributed by atoms with Crippen LogP contribution in [0.4, 0.5) is 17.1 Å². The van der Waals surface area contributed by atoms with Gasteiger partial charge in [0.15, 0.2) is 0 Å². The summed E-state index contributed by atoms with van der Waals surface area (Å²) in [6.07, 6.45) is 5.94. The molecule has 0 fully saturated rings. The standard InChI is InChI=1S/C21H19N4O4S2/c1-3-22-16-10-8-14(24(26)27)12-18(16)30-20(22)6-5-7-21-23(4-2)17-11-9-15(25(28)29)13-19(17)31-21/h5-13H,3-4H2,1-2H3/q+1. The summed E-state index contributed by atoms with van der Waals surface area (Å²) in [5.74, 6) is 0. The van der Waals surface area contributed by atoms with E-state index in [1.54, 1.807) is 24.3 Å². The number of aryl methyl sites for hydroxylation is 1. The number of anilines is 1. The van der Waals surface area contributed by atoms with Crippen LogP contribution in [-0.4, -0.2) is 16.4 Å². The molecule has 10 heteroatoms. The lowest BCUT2D eigenvalue weighted by atomic mass is 10.2. The number of benzene rings is 2. The van der Waals surface area contributed by atoms with E-state index >= 15 is 0 Å². The van der Waals surface area contributed by atoms with Gasteiger partial charge in [-0.1, -0.05) is 29.2 Å². The molecule has 1 aromatic heterocycles. The zero-order chi connectivity index (χ0) is 22.1. The van der Waals surface area contributed by atoms with Crippen LogP contribution < -0.4 is 9.47 Å². The van der Waals surface area contributed by atoms with Crippen molar-refractivity contribution in [2.24, 2.45) is 0 Å². The van der Waals surface area contributed by atoms with Gasteiger partial charge in [-0.25, -0.2) is 0 Å². The van der Waals surface area contributed by atoms with E-state index in [0.717, 1.165) is 43.9 Å². The third-order valence-corrected chi connectivity index (χ3v) is 7.19. The monoisotopic (exact) mass is 455 g/mol. The first-order valence-electron chi connectivity index (χ1n) is 9.66. The number of thioether (sulfide) groups is 1. The number of rotatable bonds is 6. The molecule has 1 aliphatic rings. The minimum Gasteiger partial charge on any atom is -0.335 e. The van der Waals surface area contributed by atoms with Crippen LogP contribution >= 0.6 is 23.1 Å². The van der Waals surface area contributed by atoms with Crippen molar-refractivity contribution < 1.29 is 14.4 Å². The third-order valence-electron chi connectivity index (χ3n) is 4.96. The molecule has 1 aliphatic heterocycles. The van der Waals surface area contributed by atoms with E-state index in [0.29, 0.717) is 0 Å². The minimum absolute atomic E-state index is 0.0856. The highest BCUT2D eigenvalue weighted by Crippen LogP contribution is 2.47. The summed E-state index contributed by atoms with van der Waals surface area (Å²) in [6.45, 7) is 5.58. The number of nitro benzene ring substituents is 2. The molecule has 0 atom stereocenters. The van der Waals surface area contributed by atoms with Crippen LogP contribution in [0.3, 0.4) is 0 Å². The predicted molar refractivity (Wildman–Crippen MR) is 123 cm³/mol. The van der Waals surface area contributed by atoms with Gasteiger partial charge >= 0.3 is 0 Å². The molecule has 0 spiro atoms. The van der Waals surface area contributed by atoms with E-state index < -0.39 is 0 Å². The van der Waals surface area contributed by atoms with E-state index in [1.165, 1.54) is 35.2 Å². The lowest BCUT2D eigenvalue weighted by Crippen LogP contribution is -2.33. The second kappa shape index (κ2) is 8.48. The van der Waals surface area contributed by atoms with Gasteiger partial charge in [0, 0.05) is 47.8 Å². The second-order valence-corrected chi connectivity index (χ2v) is 8.84. The molecule has 158 valence electrons. The van der Waals surface area contributed by atoms with Crippen molar-refractivity contribution in [3.63, 3.8) is 0 Å². The Labute approximate surface area is 186 Å². The molecule has 3 aromatic rings. The van der Waals surface area contributed by atoms with Gasteiger partial charge in [-0.3, -0.25) is 20.2 Å². The summed E-state index contributed by atoms with van der Waals surface area (Å²) in [5, 5.41) is 24.1. The molecule has 4 rings (SSSR count). The quantitative estimate of drug-likeness (QED) is 0.276. The molecule has 0 amide bonds. The van der Waals surface area contributed by atoms with Crippen LogP contribution in [0.15, 0.2) is 58.5 Å². The van der Waals surface area contributed by atoms with Gasteiger partial charge in [-0.05, 0) is 26.0 Å². The molecule has 0 bridgehead atoms. The Hall–Kier alpha value is -3.24. The Morgan fingerprint density at radius 2 is 1.77 bits per heavy atom. The van der Waals surface area contributed by atoms with Gasteiger partial charge in [0.1, 0.15) is 11.2 Å². The number of thiazole rings is 1. The molecular formula is C21H19N4O4S2+. The summed E-state index contributed by atoms with van der Waals surface area (Å²) in [4.78, 5) is 24.4. The maximum absolute atomic E-state index is 11.1. The highest BCUT2D eigenvalue weighted by atomic mass is 32.2. The molecular weight excluding hydrogens is 436 g/mol. The van der Waals surface area contributed by atoms with Crippen molar-refractivity contribution in [2.75, 3.05) is 11.4 Å². The number of non-ortho nitro benzene ring substituents is 2. The van der Waals surface area contributed by atoms with Gasteiger partial charge in [0.2, 0.25) is 5.52 Å². The molecule has 2 aromatic carbocycles. The maximum atomic E-state index is 11.1. The van der Waals surface area contributed by atoms with Crippen molar-refractivity contribution in [1.29, 1.82) is 0 Å². The maximum Gasteiger partial charge on any atom is 0.271 e. The van der Waals surface area contributed by atoms with Gasteiger partial charge < -0.3 is 4.90 Å². The van der Waals surface area contributed by atoms with Gasteiger partial charge in [0.05, 0.1) is 20.6 Å². The lowest BCUT2D eigenvalue weighted by molar-refractivity contribution is -0.665. The van der Waals surface area contributed by atoms with E-state index in [9.17, 15) is 20.2 Å². The Morgan fingerprint density at radius 1 is 1.06 bits per heavy atom. The number of fused-ring (bicyclic) bond motifs is 2. The Bertz CT molecular complexity index is 1270. The molecule has 0 radical (unpaired) electrons. The lowest BCUT2D eigenvalue weighted by Gasteiger charge is -2.17. The Kier molecular flexibility index (Phi) is 5.75. The van der Waals surface area contributed by atoms with E-state index in [2.05, 4.69) is 9.47 Å². The molecule has 31 heavy (non-hydrogen) atoms. The third kappa shape index (κ3) is 3.91. The highest BCUT2D eigenvalue weighted by molar-refractivity contribution is 8.03. The number of aromatic nitrogens is 1. The van der Waals surface area contributed by atoms with E-state index in [4.69, 9.17) is 0 Å². The van der Waals surface area contributed by atoms with Gasteiger partial charge in [-0.15, -0.1) is 0 Å². The fourth-order valence-corrected chi connectivity index (χ4v) is 5.87. The largest absolute Gasteiger partial charge is 0.335 e. The zero-order valence-electron chi connectivity index (χ0n) is 16.8. The van der Waals surface area contributed by atoms with Crippen LogP contribution in [0.2, 0.25) is 0 Å². The van der Waals surface area contributed by atoms with E-state index in [-0.39, 0.29) is 21.2 Å². The Morgan fingerprint density at radius 3 is 2.45 bits per heavy atom. The molecule has 2 heterocycles. The summed E-state index contributed by atoms with van der Waals surface area (Å²) >= 11 is 3.02. The number of nitro groups is 2. The van der Waals surface area contributed by atoms with Gasteiger partial charge in [-0.2, -0.15) is 4.57 Å². The normalized spacial score (nSPS) is 14.6. The molecule has 0 N–H and O–H groups in total. The first kappa shape index (κ1) is 21.0. The van der Waals surface area contributed by atoms with Crippen LogP contribution in [0.1, 0.15) is 18.9 Å². The average Bonchev–Trinajstić information content (AvgIpc) is 3.29. The smallest absolute Gasteiger partial charge is 0.271 e. The zero-order valence-corrected chi connectivity index (χ0v) is 18.5. The first-order valence-corrected chi connectivity index (χ1v) is 11.3. The minimum atomic E-state index is -0.381. The van der Waals surface area contributed by atoms with Crippen molar-refractivity contribution in [3.8, 4) is 0 Å². The number of hydrogen-bond donors (Lipinski definition) is 0. The van der Waals surface area contributed by atoms with Gasteiger partial charge in [0.25, 0.3) is 16.4 Å². The van der Waals surface area contributed by atoms with Crippen LogP contribution in [-0.2, 0) is 6.54 Å². The molecule has 0 unspecified atom stereocenters. The van der Waals surface area contributed by atoms with Crippen molar-refractivity contribution in [3.05, 3.63) is 78.8 Å². The fourth-order valence-electron chi connectivity index (χ4n) is 3.53. The summed E-state index contributed by atoms with van der Waals surface area (Å²) < 4.78 is 2.99. The number of allylic oxidation sites excluding steroid dienone is 2. The van der Waals surface area contributed by atoms with Crippen LogP contribution in [0, 0.1) is 20.2 Å². The molecule has 8 nitrogen and oxygen atoms in total. The van der Waals surface area contributed by atoms with Crippen molar-refractivity contribution >= 4 is 56.5 Å².